The number of furan rings is 1. The van der Waals surface area contributed by atoms with Crippen LogP contribution in [-0.2, 0) is 14.8 Å². The summed E-state index contributed by atoms with van der Waals surface area (Å²) in [5.41, 5.74) is 1.03. The average molecular weight is 366 g/mol. The van der Waals surface area contributed by atoms with Crippen LogP contribution in [0.1, 0.15) is 36.5 Å². The van der Waals surface area contributed by atoms with Crippen LogP contribution in [0, 0.1) is 13.8 Å². The Hall–Kier alpha value is -2.16. The van der Waals surface area contributed by atoms with Crippen molar-refractivity contribution in [3.8, 4) is 0 Å². The third-order valence-electron chi connectivity index (χ3n) is 3.63. The second-order valence-corrected chi connectivity index (χ2v) is 7.43. The summed E-state index contributed by atoms with van der Waals surface area (Å²) in [6.07, 6.45) is -0.739. The molecule has 0 radical (unpaired) electrons. The van der Waals surface area contributed by atoms with E-state index >= 15 is 0 Å². The number of carbonyl (C=O) groups excluding carboxylic acids is 1. The Balaban J connectivity index is 2.09. The zero-order valence-electron chi connectivity index (χ0n) is 14.4. The number of rotatable bonds is 7. The molecule has 0 aliphatic heterocycles. The topological polar surface area (TPSA) is 109 Å². The molecule has 0 fully saturated rings. The summed E-state index contributed by atoms with van der Waals surface area (Å²) in [6.45, 7) is 4.91. The number of anilines is 1. The summed E-state index contributed by atoms with van der Waals surface area (Å²) in [4.78, 5) is 11.5. The van der Waals surface area contributed by atoms with Gasteiger partial charge < -0.3 is 14.8 Å². The Morgan fingerprint density at radius 2 is 1.96 bits per heavy atom. The second kappa shape index (κ2) is 7.81. The first-order valence-electron chi connectivity index (χ1n) is 7.87. The first-order valence-corrected chi connectivity index (χ1v) is 9.36. The molecule has 3 N–H and O–H groups in total. The van der Waals surface area contributed by atoms with Crippen LogP contribution in [-0.4, -0.2) is 26.0 Å². The molecule has 0 bridgehead atoms. The SMILES string of the molecule is CCC(=O)Nc1ccc(S(=O)(=O)NCC(O)c2ccc(C)o2)c(C)c1. The number of hydrogen-bond donors (Lipinski definition) is 3. The number of aliphatic hydroxyl groups excluding tert-OH is 1. The predicted molar refractivity (Wildman–Crippen MR) is 93.7 cm³/mol. The molecule has 136 valence electrons. The summed E-state index contributed by atoms with van der Waals surface area (Å²) >= 11 is 0. The van der Waals surface area contributed by atoms with E-state index in [0.717, 1.165) is 0 Å². The van der Waals surface area contributed by atoms with E-state index in [1.807, 2.05) is 0 Å². The van der Waals surface area contributed by atoms with Gasteiger partial charge in [0.25, 0.3) is 0 Å². The average Bonchev–Trinajstić information content (AvgIpc) is 2.99. The molecule has 0 saturated carbocycles. The standard InChI is InChI=1S/C17H22N2O5S/c1-4-17(21)19-13-6-8-16(11(2)9-13)25(22,23)18-10-14(20)15-7-5-12(3)24-15/h5-9,14,18,20H,4,10H2,1-3H3,(H,19,21). The fourth-order valence-electron chi connectivity index (χ4n) is 2.28. The molecule has 1 heterocycles. The van der Waals surface area contributed by atoms with Crippen LogP contribution in [0.4, 0.5) is 5.69 Å². The number of benzene rings is 1. The minimum atomic E-state index is -3.80. The number of hydrogen-bond acceptors (Lipinski definition) is 5. The van der Waals surface area contributed by atoms with Crippen LogP contribution in [0.2, 0.25) is 0 Å². The predicted octanol–water partition coefficient (Wildman–Crippen LogP) is 2.26. The highest BCUT2D eigenvalue weighted by Gasteiger charge is 2.20. The fraction of sp³-hybridized carbons (Fsp3) is 0.353. The van der Waals surface area contributed by atoms with Crippen LogP contribution in [0.5, 0.6) is 0 Å². The molecule has 0 aliphatic rings. The number of sulfonamides is 1. The van der Waals surface area contributed by atoms with E-state index in [1.54, 1.807) is 39.0 Å². The molecule has 1 amide bonds. The molecule has 7 nitrogen and oxygen atoms in total. The normalized spacial score (nSPS) is 12.8. The highest BCUT2D eigenvalue weighted by Crippen LogP contribution is 2.21. The number of aryl methyl sites for hydroxylation is 2. The molecule has 2 rings (SSSR count). The van der Waals surface area contributed by atoms with Crippen molar-refractivity contribution in [2.45, 2.75) is 38.2 Å². The maximum Gasteiger partial charge on any atom is 0.240 e. The zero-order chi connectivity index (χ0) is 18.6. The molecule has 25 heavy (non-hydrogen) atoms. The fourth-order valence-corrected chi connectivity index (χ4v) is 3.54. The monoisotopic (exact) mass is 366 g/mol. The summed E-state index contributed by atoms with van der Waals surface area (Å²) in [6, 6.07) is 7.84. The van der Waals surface area contributed by atoms with E-state index in [0.29, 0.717) is 29.2 Å². The minimum absolute atomic E-state index is 0.0878. The zero-order valence-corrected chi connectivity index (χ0v) is 15.2. The first kappa shape index (κ1) is 19.2. The van der Waals surface area contributed by atoms with Crippen LogP contribution in [0.3, 0.4) is 0 Å². The minimum Gasteiger partial charge on any atom is -0.464 e. The van der Waals surface area contributed by atoms with Crippen molar-refractivity contribution >= 4 is 21.6 Å². The summed E-state index contributed by atoms with van der Waals surface area (Å²) < 4.78 is 32.5. The number of carbonyl (C=O) groups is 1. The van der Waals surface area contributed by atoms with Gasteiger partial charge in [-0.2, -0.15) is 0 Å². The maximum absolute atomic E-state index is 12.4. The molecule has 0 aliphatic carbocycles. The lowest BCUT2D eigenvalue weighted by atomic mass is 10.2. The van der Waals surface area contributed by atoms with Gasteiger partial charge >= 0.3 is 0 Å². The van der Waals surface area contributed by atoms with Crippen molar-refractivity contribution in [3.63, 3.8) is 0 Å². The van der Waals surface area contributed by atoms with Gasteiger partial charge in [0.15, 0.2) is 0 Å². The van der Waals surface area contributed by atoms with Gasteiger partial charge in [-0.3, -0.25) is 4.79 Å². The van der Waals surface area contributed by atoms with E-state index in [9.17, 15) is 18.3 Å². The molecule has 1 unspecified atom stereocenters. The van der Waals surface area contributed by atoms with Gasteiger partial charge in [0.2, 0.25) is 15.9 Å². The Morgan fingerprint density at radius 1 is 1.24 bits per heavy atom. The van der Waals surface area contributed by atoms with Gasteiger partial charge in [-0.25, -0.2) is 13.1 Å². The van der Waals surface area contributed by atoms with Gasteiger partial charge in [-0.05, 0) is 49.7 Å². The van der Waals surface area contributed by atoms with Crippen molar-refractivity contribution in [1.29, 1.82) is 0 Å². The van der Waals surface area contributed by atoms with Gasteiger partial charge in [-0.15, -0.1) is 0 Å². The number of nitrogens with one attached hydrogen (secondary N) is 2. The molecule has 2 aromatic rings. The summed E-state index contributed by atoms with van der Waals surface area (Å²) in [5, 5.41) is 12.7. The molecular weight excluding hydrogens is 344 g/mol. The largest absolute Gasteiger partial charge is 0.464 e. The van der Waals surface area contributed by atoms with E-state index in [1.165, 1.54) is 12.1 Å². The highest BCUT2D eigenvalue weighted by molar-refractivity contribution is 7.89. The molecule has 0 spiro atoms. The lowest BCUT2D eigenvalue weighted by molar-refractivity contribution is -0.115. The van der Waals surface area contributed by atoms with Crippen molar-refractivity contribution in [3.05, 3.63) is 47.4 Å². The Morgan fingerprint density at radius 3 is 2.52 bits per heavy atom. The highest BCUT2D eigenvalue weighted by atomic mass is 32.2. The van der Waals surface area contributed by atoms with Gasteiger partial charge in [0.1, 0.15) is 17.6 Å². The maximum atomic E-state index is 12.4. The van der Waals surface area contributed by atoms with Crippen LogP contribution in [0.25, 0.3) is 0 Å². The third-order valence-corrected chi connectivity index (χ3v) is 5.21. The Kier molecular flexibility index (Phi) is 5.99. The van der Waals surface area contributed by atoms with Crippen LogP contribution >= 0.6 is 0 Å². The number of amides is 1. The second-order valence-electron chi connectivity index (χ2n) is 5.70. The molecule has 8 heteroatoms. The summed E-state index contributed by atoms with van der Waals surface area (Å²) in [7, 11) is -3.80. The van der Waals surface area contributed by atoms with Crippen molar-refractivity contribution in [1.82, 2.24) is 4.72 Å². The summed E-state index contributed by atoms with van der Waals surface area (Å²) in [5.74, 6) is 0.789. The van der Waals surface area contributed by atoms with E-state index in [-0.39, 0.29) is 17.3 Å². The quantitative estimate of drug-likeness (QED) is 0.696. The van der Waals surface area contributed by atoms with E-state index < -0.39 is 16.1 Å². The lowest BCUT2D eigenvalue weighted by Crippen LogP contribution is -2.29. The molecule has 1 aromatic carbocycles. The van der Waals surface area contributed by atoms with Crippen molar-refractivity contribution < 1.29 is 22.7 Å². The Labute approximate surface area is 147 Å². The smallest absolute Gasteiger partial charge is 0.240 e. The Bertz CT molecular complexity index is 858. The van der Waals surface area contributed by atoms with Crippen LogP contribution in [0.15, 0.2) is 39.6 Å². The van der Waals surface area contributed by atoms with E-state index in [2.05, 4.69) is 10.0 Å². The molecular formula is C17H22N2O5S. The van der Waals surface area contributed by atoms with E-state index in [4.69, 9.17) is 4.42 Å². The molecule has 1 aromatic heterocycles. The van der Waals surface area contributed by atoms with Crippen LogP contribution < -0.4 is 10.0 Å². The molecule has 1 atom stereocenters. The molecule has 0 saturated heterocycles. The number of aliphatic hydroxyl groups is 1. The lowest BCUT2D eigenvalue weighted by Gasteiger charge is -2.13. The third kappa shape index (κ3) is 4.91. The first-order chi connectivity index (χ1) is 11.7. The van der Waals surface area contributed by atoms with Crippen molar-refractivity contribution in [2.75, 3.05) is 11.9 Å². The van der Waals surface area contributed by atoms with Gasteiger partial charge in [0, 0.05) is 18.7 Å². The van der Waals surface area contributed by atoms with Gasteiger partial charge in [-0.1, -0.05) is 6.92 Å². The van der Waals surface area contributed by atoms with Gasteiger partial charge in [0.05, 0.1) is 4.90 Å². The van der Waals surface area contributed by atoms with Crippen molar-refractivity contribution in [2.24, 2.45) is 0 Å².